The van der Waals surface area contributed by atoms with E-state index in [1.807, 2.05) is 24.3 Å². The number of rotatable bonds is 3. The molecule has 100 valence electrons. The maximum absolute atomic E-state index is 11.3. The van der Waals surface area contributed by atoms with E-state index in [4.69, 9.17) is 9.68 Å². The fourth-order valence-corrected chi connectivity index (χ4v) is 1.85. The molecule has 0 amide bonds. The lowest BCUT2D eigenvalue weighted by atomic mass is 10.2. The van der Waals surface area contributed by atoms with Crippen molar-refractivity contribution in [2.75, 3.05) is 7.11 Å². The van der Waals surface area contributed by atoms with Gasteiger partial charge in [0.2, 0.25) is 0 Å². The fraction of sp³-hybridized carbons (Fsp3) is 0.0667. The van der Waals surface area contributed by atoms with E-state index >= 15 is 0 Å². The summed E-state index contributed by atoms with van der Waals surface area (Å²) in [6.07, 6.45) is 1.36. The van der Waals surface area contributed by atoms with Gasteiger partial charge in [-0.25, -0.2) is 4.79 Å². The quantitative estimate of drug-likeness (QED) is 0.487. The molecule has 2 aromatic rings. The normalized spacial score (nSPS) is 10.9. The third-order valence-corrected chi connectivity index (χ3v) is 3.10. The number of halogens is 1. The Bertz CT molecular complexity index is 693. The summed E-state index contributed by atoms with van der Waals surface area (Å²) in [5.74, 6) is 0.393. The van der Waals surface area contributed by atoms with Crippen LogP contribution >= 0.6 is 15.9 Å². The van der Waals surface area contributed by atoms with Crippen LogP contribution in [0.2, 0.25) is 0 Å². The number of carbonyl (C=O) groups excluding carboxylic acids is 1. The lowest BCUT2D eigenvalue weighted by Crippen LogP contribution is -2.02. The first-order valence-electron chi connectivity index (χ1n) is 5.70. The molecule has 0 bridgehead atoms. The second-order valence-electron chi connectivity index (χ2n) is 3.87. The molecule has 0 radical (unpaired) electrons. The van der Waals surface area contributed by atoms with Gasteiger partial charge in [-0.3, -0.25) is 0 Å². The molecule has 4 nitrogen and oxygen atoms in total. The summed E-state index contributed by atoms with van der Waals surface area (Å²) in [6, 6.07) is 12.9. The first-order valence-corrected chi connectivity index (χ1v) is 6.49. The summed E-state index contributed by atoms with van der Waals surface area (Å²) < 4.78 is 11.1. The van der Waals surface area contributed by atoms with E-state index < -0.39 is 5.97 Å². The van der Waals surface area contributed by atoms with Crippen molar-refractivity contribution < 1.29 is 13.9 Å². The third kappa shape index (κ3) is 3.16. The predicted octanol–water partition coefficient (Wildman–Crippen LogP) is 3.79. The van der Waals surface area contributed by atoms with Crippen LogP contribution in [0.4, 0.5) is 0 Å². The highest BCUT2D eigenvalue weighted by Gasteiger charge is 2.10. The molecule has 0 aliphatic rings. The first-order chi connectivity index (χ1) is 9.63. The van der Waals surface area contributed by atoms with Gasteiger partial charge in [0.25, 0.3) is 0 Å². The molecule has 2 rings (SSSR count). The van der Waals surface area contributed by atoms with Gasteiger partial charge in [0.1, 0.15) is 23.2 Å². The topological polar surface area (TPSA) is 63.2 Å². The van der Waals surface area contributed by atoms with Crippen LogP contribution in [-0.4, -0.2) is 13.1 Å². The van der Waals surface area contributed by atoms with Gasteiger partial charge in [-0.1, -0.05) is 28.1 Å². The molecule has 5 heteroatoms. The van der Waals surface area contributed by atoms with Crippen LogP contribution in [0, 0.1) is 11.3 Å². The first kappa shape index (κ1) is 14.1. The summed E-state index contributed by atoms with van der Waals surface area (Å²) in [4.78, 5) is 11.3. The van der Waals surface area contributed by atoms with Gasteiger partial charge in [0.05, 0.1) is 7.11 Å². The van der Waals surface area contributed by atoms with E-state index in [2.05, 4.69) is 20.7 Å². The molecule has 20 heavy (non-hydrogen) atoms. The van der Waals surface area contributed by atoms with Crippen LogP contribution in [0.5, 0.6) is 0 Å². The van der Waals surface area contributed by atoms with E-state index in [1.54, 1.807) is 18.2 Å². The van der Waals surface area contributed by atoms with Crippen molar-refractivity contribution in [3.05, 3.63) is 52.2 Å². The summed E-state index contributed by atoms with van der Waals surface area (Å²) in [5, 5.41) is 8.88. The molecule has 1 heterocycles. The van der Waals surface area contributed by atoms with Crippen molar-refractivity contribution in [2.24, 2.45) is 0 Å². The van der Waals surface area contributed by atoms with Crippen molar-refractivity contribution in [1.82, 2.24) is 0 Å². The van der Waals surface area contributed by atoms with E-state index in [0.29, 0.717) is 11.5 Å². The summed E-state index contributed by atoms with van der Waals surface area (Å²) in [6.45, 7) is 0. The van der Waals surface area contributed by atoms with E-state index in [9.17, 15) is 4.79 Å². The minimum Gasteiger partial charge on any atom is -0.465 e. The Morgan fingerprint density at radius 3 is 2.60 bits per heavy atom. The number of nitrogens with zero attached hydrogens (tertiary/aromatic N) is 1. The van der Waals surface area contributed by atoms with Gasteiger partial charge in [-0.2, -0.15) is 5.26 Å². The van der Waals surface area contributed by atoms with Crippen molar-refractivity contribution in [2.45, 2.75) is 0 Å². The number of ether oxygens (including phenoxy) is 1. The second-order valence-corrected chi connectivity index (χ2v) is 4.79. The van der Waals surface area contributed by atoms with Crippen LogP contribution in [-0.2, 0) is 9.53 Å². The number of nitriles is 1. The third-order valence-electron chi connectivity index (χ3n) is 2.57. The largest absolute Gasteiger partial charge is 0.465 e. The monoisotopic (exact) mass is 331 g/mol. The summed E-state index contributed by atoms with van der Waals surface area (Å²) in [5.41, 5.74) is 0.800. The molecule has 0 fully saturated rings. The van der Waals surface area contributed by atoms with Crippen molar-refractivity contribution in [3.8, 4) is 17.4 Å². The molecule has 1 aromatic heterocycles. The average Bonchev–Trinajstić information content (AvgIpc) is 2.93. The zero-order chi connectivity index (χ0) is 14.5. The number of furan rings is 1. The van der Waals surface area contributed by atoms with Gasteiger partial charge in [-0.05, 0) is 24.3 Å². The molecule has 0 aliphatic heterocycles. The number of hydrogen-bond acceptors (Lipinski definition) is 4. The molecular formula is C15H10BrNO3. The lowest BCUT2D eigenvalue weighted by molar-refractivity contribution is -0.135. The molecular weight excluding hydrogens is 322 g/mol. The van der Waals surface area contributed by atoms with Crippen LogP contribution < -0.4 is 0 Å². The Kier molecular flexibility index (Phi) is 4.38. The predicted molar refractivity (Wildman–Crippen MR) is 77.5 cm³/mol. The van der Waals surface area contributed by atoms with E-state index in [1.165, 1.54) is 13.2 Å². The number of carbonyl (C=O) groups is 1. The molecule has 0 saturated heterocycles. The molecule has 0 saturated carbocycles. The van der Waals surface area contributed by atoms with E-state index in [-0.39, 0.29) is 5.57 Å². The van der Waals surface area contributed by atoms with Crippen LogP contribution in [0.15, 0.2) is 50.9 Å². The van der Waals surface area contributed by atoms with Crippen LogP contribution in [0.25, 0.3) is 17.4 Å². The Morgan fingerprint density at radius 1 is 1.30 bits per heavy atom. The maximum Gasteiger partial charge on any atom is 0.348 e. The number of benzene rings is 1. The second kappa shape index (κ2) is 6.22. The molecule has 0 N–H and O–H groups in total. The highest BCUT2D eigenvalue weighted by molar-refractivity contribution is 9.10. The van der Waals surface area contributed by atoms with Gasteiger partial charge in [0, 0.05) is 16.1 Å². The fourth-order valence-electron chi connectivity index (χ4n) is 1.59. The minimum absolute atomic E-state index is 0.107. The number of esters is 1. The van der Waals surface area contributed by atoms with Crippen LogP contribution in [0.3, 0.4) is 0 Å². The number of hydrogen-bond donors (Lipinski definition) is 0. The van der Waals surface area contributed by atoms with Crippen LogP contribution in [0.1, 0.15) is 5.76 Å². The maximum atomic E-state index is 11.3. The zero-order valence-corrected chi connectivity index (χ0v) is 12.2. The van der Waals surface area contributed by atoms with Crippen molar-refractivity contribution in [1.29, 1.82) is 5.26 Å². The minimum atomic E-state index is -0.686. The van der Waals surface area contributed by atoms with Gasteiger partial charge < -0.3 is 9.15 Å². The van der Waals surface area contributed by atoms with Gasteiger partial charge in [0.15, 0.2) is 0 Å². The highest BCUT2D eigenvalue weighted by Crippen LogP contribution is 2.25. The number of methoxy groups -OCH3 is 1. The Balaban J connectivity index is 2.29. The smallest absolute Gasteiger partial charge is 0.348 e. The molecule has 1 aromatic carbocycles. The van der Waals surface area contributed by atoms with Gasteiger partial charge in [-0.15, -0.1) is 0 Å². The Labute approximate surface area is 124 Å². The van der Waals surface area contributed by atoms with Gasteiger partial charge >= 0.3 is 5.97 Å². The lowest BCUT2D eigenvalue weighted by Gasteiger charge is -1.97. The highest BCUT2D eigenvalue weighted by atomic mass is 79.9. The molecule has 0 unspecified atom stereocenters. The summed E-state index contributed by atoms with van der Waals surface area (Å²) >= 11 is 3.36. The summed E-state index contributed by atoms with van der Waals surface area (Å²) in [7, 11) is 1.23. The van der Waals surface area contributed by atoms with Crippen molar-refractivity contribution in [3.63, 3.8) is 0 Å². The Morgan fingerprint density at radius 2 is 2.00 bits per heavy atom. The SMILES string of the molecule is COC(=O)/C(C#N)=C/c1ccc(-c2ccc(Br)cc2)o1. The Hall–Kier alpha value is -2.32. The standard InChI is InChI=1S/C15H10BrNO3/c1-19-15(18)11(9-17)8-13-6-7-14(20-13)10-2-4-12(16)5-3-10/h2-8H,1H3/b11-8+. The van der Waals surface area contributed by atoms with Crippen molar-refractivity contribution >= 4 is 28.0 Å². The average molecular weight is 332 g/mol. The molecule has 0 aliphatic carbocycles. The van der Waals surface area contributed by atoms with E-state index in [0.717, 1.165) is 10.0 Å². The zero-order valence-electron chi connectivity index (χ0n) is 10.6. The molecule has 0 spiro atoms. The molecule has 0 atom stereocenters.